The Morgan fingerprint density at radius 3 is 2.90 bits per heavy atom. The molecule has 0 unspecified atom stereocenters. The number of aryl methyl sites for hydroxylation is 2. The summed E-state index contributed by atoms with van der Waals surface area (Å²) in [4.78, 5) is 0. The van der Waals surface area contributed by atoms with Crippen LogP contribution in [0.3, 0.4) is 0 Å². The van der Waals surface area contributed by atoms with Crippen LogP contribution in [0.2, 0.25) is 0 Å². The molecule has 1 aliphatic carbocycles. The maximum Gasteiger partial charge on any atom is 0.120 e. The zero-order chi connectivity index (χ0) is 13.9. The maximum atomic E-state index is 5.70. The lowest BCUT2D eigenvalue weighted by molar-refractivity contribution is 0.340. The first-order valence-corrected chi connectivity index (χ1v) is 7.82. The highest BCUT2D eigenvalue weighted by Crippen LogP contribution is 2.34. The molecular formula is C17H24N2O. The number of benzene rings is 1. The summed E-state index contributed by atoms with van der Waals surface area (Å²) in [6, 6.07) is 6.54. The summed E-state index contributed by atoms with van der Waals surface area (Å²) in [7, 11) is 0. The Balaban J connectivity index is 2.11. The Morgan fingerprint density at radius 1 is 1.25 bits per heavy atom. The predicted molar refractivity (Wildman–Crippen MR) is 83.4 cm³/mol. The van der Waals surface area contributed by atoms with Gasteiger partial charge in [0.1, 0.15) is 5.75 Å². The van der Waals surface area contributed by atoms with Crippen LogP contribution in [0.5, 0.6) is 5.75 Å². The average molecular weight is 272 g/mol. The third kappa shape index (κ3) is 2.31. The Bertz CT molecular complexity index is 601. The Morgan fingerprint density at radius 2 is 2.10 bits per heavy atom. The van der Waals surface area contributed by atoms with E-state index in [1.807, 2.05) is 6.92 Å². The Hall–Kier alpha value is -1.48. The van der Waals surface area contributed by atoms with Gasteiger partial charge in [0, 0.05) is 23.1 Å². The lowest BCUT2D eigenvalue weighted by atomic mass is 9.95. The van der Waals surface area contributed by atoms with E-state index in [2.05, 4.69) is 22.8 Å². The van der Waals surface area contributed by atoms with Crippen molar-refractivity contribution >= 4 is 10.9 Å². The minimum Gasteiger partial charge on any atom is -0.494 e. The third-order valence-electron chi connectivity index (χ3n) is 4.25. The molecule has 3 nitrogen and oxygen atoms in total. The van der Waals surface area contributed by atoms with Crippen molar-refractivity contribution in [1.29, 1.82) is 0 Å². The number of fused-ring (bicyclic) bond motifs is 3. The van der Waals surface area contributed by atoms with Crippen molar-refractivity contribution in [3.05, 3.63) is 29.5 Å². The van der Waals surface area contributed by atoms with Gasteiger partial charge in [-0.25, -0.2) is 0 Å². The molecule has 1 heterocycles. The highest BCUT2D eigenvalue weighted by atomic mass is 16.5. The van der Waals surface area contributed by atoms with Gasteiger partial charge in [0.2, 0.25) is 0 Å². The second-order valence-corrected chi connectivity index (χ2v) is 5.54. The summed E-state index contributed by atoms with van der Waals surface area (Å²) in [5.41, 5.74) is 10.1. The van der Waals surface area contributed by atoms with Gasteiger partial charge in [-0.15, -0.1) is 0 Å². The van der Waals surface area contributed by atoms with Crippen LogP contribution < -0.4 is 10.5 Å². The van der Waals surface area contributed by atoms with Gasteiger partial charge in [0.25, 0.3) is 0 Å². The molecule has 2 aromatic rings. The lowest BCUT2D eigenvalue weighted by Crippen LogP contribution is -2.11. The SMILES string of the molecule is CCOc1ccc2c(c1)c1c(n2CCCN)CCCC1. The van der Waals surface area contributed by atoms with Gasteiger partial charge in [-0.3, -0.25) is 0 Å². The van der Waals surface area contributed by atoms with Gasteiger partial charge >= 0.3 is 0 Å². The Kier molecular flexibility index (Phi) is 3.97. The van der Waals surface area contributed by atoms with Crippen LogP contribution in [-0.2, 0) is 19.4 Å². The molecule has 3 rings (SSSR count). The monoisotopic (exact) mass is 272 g/mol. The maximum absolute atomic E-state index is 5.70. The van der Waals surface area contributed by atoms with Gasteiger partial charge in [-0.1, -0.05) is 0 Å². The Labute approximate surface area is 120 Å². The molecule has 3 heteroatoms. The highest BCUT2D eigenvalue weighted by molar-refractivity contribution is 5.87. The van der Waals surface area contributed by atoms with Gasteiger partial charge < -0.3 is 15.0 Å². The minimum atomic E-state index is 0.724. The van der Waals surface area contributed by atoms with Crippen LogP contribution in [0, 0.1) is 0 Å². The standard InChI is InChI=1S/C17H24N2O/c1-2-20-13-8-9-17-15(12-13)14-6-3-4-7-16(14)19(17)11-5-10-18/h8-9,12H,2-7,10-11,18H2,1H3. The number of nitrogens with two attached hydrogens (primary N) is 1. The van der Waals surface area contributed by atoms with Crippen molar-refractivity contribution in [3.63, 3.8) is 0 Å². The number of hydrogen-bond donors (Lipinski definition) is 1. The summed E-state index contributed by atoms with van der Waals surface area (Å²) >= 11 is 0. The van der Waals surface area contributed by atoms with Gasteiger partial charge in [-0.2, -0.15) is 0 Å². The quantitative estimate of drug-likeness (QED) is 0.907. The third-order valence-corrected chi connectivity index (χ3v) is 4.25. The number of ether oxygens (including phenoxy) is 1. The molecule has 2 N–H and O–H groups in total. The molecule has 108 valence electrons. The molecule has 1 aromatic heterocycles. The van der Waals surface area contributed by atoms with Gasteiger partial charge in [0.15, 0.2) is 0 Å². The molecule has 0 spiro atoms. The molecular weight excluding hydrogens is 248 g/mol. The van der Waals surface area contributed by atoms with E-state index in [1.165, 1.54) is 42.3 Å². The van der Waals surface area contributed by atoms with Crippen LogP contribution in [-0.4, -0.2) is 17.7 Å². The molecule has 1 aliphatic rings. The van der Waals surface area contributed by atoms with Crippen LogP contribution >= 0.6 is 0 Å². The summed E-state index contributed by atoms with van der Waals surface area (Å²) in [6.45, 7) is 4.55. The van der Waals surface area contributed by atoms with E-state index in [9.17, 15) is 0 Å². The summed E-state index contributed by atoms with van der Waals surface area (Å²) < 4.78 is 8.16. The van der Waals surface area contributed by atoms with Crippen molar-refractivity contribution in [2.45, 2.75) is 45.6 Å². The molecule has 0 radical (unpaired) electrons. The average Bonchev–Trinajstić information content (AvgIpc) is 2.79. The van der Waals surface area contributed by atoms with E-state index in [-0.39, 0.29) is 0 Å². The normalized spacial score (nSPS) is 14.5. The second-order valence-electron chi connectivity index (χ2n) is 5.54. The van der Waals surface area contributed by atoms with Crippen molar-refractivity contribution in [2.24, 2.45) is 5.73 Å². The van der Waals surface area contributed by atoms with Crippen LogP contribution in [0.15, 0.2) is 18.2 Å². The zero-order valence-corrected chi connectivity index (χ0v) is 12.3. The van der Waals surface area contributed by atoms with Crippen LogP contribution in [0.4, 0.5) is 0 Å². The van der Waals surface area contributed by atoms with Crippen molar-refractivity contribution in [2.75, 3.05) is 13.2 Å². The molecule has 1 aromatic carbocycles. The minimum absolute atomic E-state index is 0.724. The second kappa shape index (κ2) is 5.88. The number of aromatic nitrogens is 1. The fourth-order valence-corrected chi connectivity index (χ4v) is 3.38. The summed E-state index contributed by atoms with van der Waals surface area (Å²) in [5.74, 6) is 0.990. The number of nitrogens with zero attached hydrogens (tertiary/aromatic N) is 1. The van der Waals surface area contributed by atoms with E-state index in [0.29, 0.717) is 0 Å². The predicted octanol–water partition coefficient (Wildman–Crippen LogP) is 3.27. The van der Waals surface area contributed by atoms with E-state index >= 15 is 0 Å². The van der Waals surface area contributed by atoms with Crippen molar-refractivity contribution in [3.8, 4) is 5.75 Å². The molecule has 0 bridgehead atoms. The van der Waals surface area contributed by atoms with Crippen LogP contribution in [0.25, 0.3) is 10.9 Å². The highest BCUT2D eigenvalue weighted by Gasteiger charge is 2.19. The van der Waals surface area contributed by atoms with E-state index in [0.717, 1.165) is 31.9 Å². The molecule has 0 atom stereocenters. The molecule has 20 heavy (non-hydrogen) atoms. The van der Waals surface area contributed by atoms with E-state index < -0.39 is 0 Å². The fraction of sp³-hybridized carbons (Fsp3) is 0.529. The van der Waals surface area contributed by atoms with Gasteiger partial charge in [-0.05, 0) is 69.3 Å². The molecule has 0 amide bonds. The molecule has 0 saturated heterocycles. The van der Waals surface area contributed by atoms with Crippen molar-refractivity contribution < 1.29 is 4.74 Å². The lowest BCUT2D eigenvalue weighted by Gasteiger charge is -2.15. The summed E-state index contributed by atoms with van der Waals surface area (Å²) in [6.07, 6.45) is 6.07. The van der Waals surface area contributed by atoms with Crippen LogP contribution in [0.1, 0.15) is 37.4 Å². The van der Waals surface area contributed by atoms with Crippen molar-refractivity contribution in [1.82, 2.24) is 4.57 Å². The first kappa shape index (κ1) is 13.5. The number of rotatable bonds is 5. The zero-order valence-electron chi connectivity index (χ0n) is 12.3. The molecule has 0 aliphatic heterocycles. The van der Waals surface area contributed by atoms with Gasteiger partial charge in [0.05, 0.1) is 6.61 Å². The first-order chi connectivity index (χ1) is 9.85. The molecule has 0 fully saturated rings. The molecule has 0 saturated carbocycles. The smallest absolute Gasteiger partial charge is 0.120 e. The first-order valence-electron chi connectivity index (χ1n) is 7.82. The topological polar surface area (TPSA) is 40.2 Å². The number of hydrogen-bond acceptors (Lipinski definition) is 2. The largest absolute Gasteiger partial charge is 0.494 e. The van der Waals surface area contributed by atoms with E-state index in [1.54, 1.807) is 5.56 Å². The fourth-order valence-electron chi connectivity index (χ4n) is 3.38. The van der Waals surface area contributed by atoms with E-state index in [4.69, 9.17) is 10.5 Å². The summed E-state index contributed by atoms with van der Waals surface area (Å²) in [5, 5.41) is 1.39.